The molecule has 5 heteroatoms. The Bertz CT molecular complexity index is 493. The fourth-order valence-corrected chi connectivity index (χ4v) is 2.03. The largest absolute Gasteiger partial charge is 0.469 e. The van der Waals surface area contributed by atoms with Crippen molar-refractivity contribution in [2.75, 3.05) is 37.0 Å². The van der Waals surface area contributed by atoms with Crippen molar-refractivity contribution in [3.05, 3.63) is 23.8 Å². The van der Waals surface area contributed by atoms with Crippen molar-refractivity contribution in [3.63, 3.8) is 0 Å². The molecule has 2 rings (SSSR count). The number of fused-ring (bicyclic) bond motifs is 1. The highest BCUT2D eigenvalue weighted by atomic mass is 16.5. The molecule has 0 saturated carbocycles. The topological polar surface area (TPSA) is 65.4 Å². The number of benzene rings is 1. The van der Waals surface area contributed by atoms with Gasteiger partial charge in [0.25, 0.3) is 0 Å². The summed E-state index contributed by atoms with van der Waals surface area (Å²) in [6.07, 6.45) is 0.371. The number of rotatable bonds is 3. The number of hydrogen-bond donors (Lipinski definition) is 1. The van der Waals surface area contributed by atoms with Gasteiger partial charge < -0.3 is 15.0 Å². The molecule has 1 aliphatic heterocycles. The van der Waals surface area contributed by atoms with Gasteiger partial charge in [-0.05, 0) is 18.2 Å². The van der Waals surface area contributed by atoms with Crippen LogP contribution in [-0.4, -0.2) is 32.7 Å². The number of hydrogen-bond acceptors (Lipinski definition) is 5. The minimum Gasteiger partial charge on any atom is -0.469 e. The highest BCUT2D eigenvalue weighted by molar-refractivity contribution is 5.75. The number of nitrogens with zero attached hydrogens (tertiary/aromatic N) is 2. The first kappa shape index (κ1) is 12.2. The molecule has 0 radical (unpaired) electrons. The molecule has 94 valence electrons. The van der Waals surface area contributed by atoms with Crippen LogP contribution in [0.2, 0.25) is 0 Å². The van der Waals surface area contributed by atoms with E-state index in [-0.39, 0.29) is 5.97 Å². The van der Waals surface area contributed by atoms with Crippen molar-refractivity contribution < 1.29 is 9.53 Å². The number of nitriles is 1. The van der Waals surface area contributed by atoms with Crippen molar-refractivity contribution in [2.45, 2.75) is 6.42 Å². The lowest BCUT2D eigenvalue weighted by Gasteiger charge is -2.31. The Morgan fingerprint density at radius 3 is 3.17 bits per heavy atom. The van der Waals surface area contributed by atoms with Gasteiger partial charge in [0.2, 0.25) is 0 Å². The van der Waals surface area contributed by atoms with E-state index in [1.807, 2.05) is 12.1 Å². The van der Waals surface area contributed by atoms with Gasteiger partial charge in [0.1, 0.15) is 0 Å². The molecule has 0 saturated heterocycles. The van der Waals surface area contributed by atoms with E-state index in [4.69, 9.17) is 5.26 Å². The summed E-state index contributed by atoms with van der Waals surface area (Å²) in [7, 11) is 1.40. The molecule has 0 spiro atoms. The highest BCUT2D eigenvalue weighted by Gasteiger charge is 2.17. The Hall–Kier alpha value is -2.22. The summed E-state index contributed by atoms with van der Waals surface area (Å²) in [4.78, 5) is 13.3. The van der Waals surface area contributed by atoms with Crippen molar-refractivity contribution in [2.24, 2.45) is 0 Å². The van der Waals surface area contributed by atoms with E-state index in [9.17, 15) is 4.79 Å². The molecule has 0 bridgehead atoms. The van der Waals surface area contributed by atoms with E-state index in [1.165, 1.54) is 7.11 Å². The van der Waals surface area contributed by atoms with Gasteiger partial charge in [-0.2, -0.15) is 5.26 Å². The molecule has 1 aliphatic rings. The summed E-state index contributed by atoms with van der Waals surface area (Å²) < 4.78 is 4.64. The summed E-state index contributed by atoms with van der Waals surface area (Å²) >= 11 is 0. The van der Waals surface area contributed by atoms with Crippen LogP contribution in [0, 0.1) is 11.3 Å². The van der Waals surface area contributed by atoms with E-state index in [0.29, 0.717) is 18.5 Å². The van der Waals surface area contributed by atoms with Gasteiger partial charge >= 0.3 is 5.97 Å². The Kier molecular flexibility index (Phi) is 3.68. The lowest BCUT2D eigenvalue weighted by Crippen LogP contribution is -2.35. The van der Waals surface area contributed by atoms with Crippen LogP contribution in [0.4, 0.5) is 11.4 Å². The zero-order chi connectivity index (χ0) is 13.0. The fraction of sp³-hybridized carbons (Fsp3) is 0.385. The van der Waals surface area contributed by atoms with Crippen LogP contribution < -0.4 is 10.2 Å². The average molecular weight is 245 g/mol. The first-order chi connectivity index (χ1) is 8.74. The van der Waals surface area contributed by atoms with Crippen LogP contribution >= 0.6 is 0 Å². The Labute approximate surface area is 106 Å². The number of nitrogens with one attached hydrogen (secondary N) is 1. The van der Waals surface area contributed by atoms with Gasteiger partial charge in [-0.1, -0.05) is 0 Å². The summed E-state index contributed by atoms with van der Waals surface area (Å²) in [5.41, 5.74) is 2.62. The molecular formula is C13H15N3O2. The van der Waals surface area contributed by atoms with Crippen LogP contribution in [0.15, 0.2) is 18.2 Å². The maximum atomic E-state index is 11.2. The molecule has 0 atom stereocenters. The van der Waals surface area contributed by atoms with E-state index in [0.717, 1.165) is 24.5 Å². The van der Waals surface area contributed by atoms with E-state index in [1.54, 1.807) is 6.07 Å². The van der Waals surface area contributed by atoms with E-state index in [2.05, 4.69) is 21.0 Å². The zero-order valence-electron chi connectivity index (χ0n) is 10.3. The molecule has 1 heterocycles. The molecule has 1 N–H and O–H groups in total. The molecule has 0 unspecified atom stereocenters. The van der Waals surface area contributed by atoms with Gasteiger partial charge in [-0.15, -0.1) is 0 Å². The number of ether oxygens (including phenoxy) is 1. The number of esters is 1. The predicted octanol–water partition coefficient (Wildman–Crippen LogP) is 1.35. The summed E-state index contributed by atoms with van der Waals surface area (Å²) in [6, 6.07) is 7.65. The van der Waals surface area contributed by atoms with Gasteiger partial charge in [-0.25, -0.2) is 0 Å². The summed E-state index contributed by atoms with van der Waals surface area (Å²) in [5.74, 6) is -0.205. The quantitative estimate of drug-likeness (QED) is 0.814. The third-order valence-corrected chi connectivity index (χ3v) is 2.98. The first-order valence-electron chi connectivity index (χ1n) is 5.84. The van der Waals surface area contributed by atoms with Crippen molar-refractivity contribution >= 4 is 17.3 Å². The number of anilines is 2. The third-order valence-electron chi connectivity index (χ3n) is 2.98. The van der Waals surface area contributed by atoms with Gasteiger partial charge in [0, 0.05) is 19.6 Å². The summed E-state index contributed by atoms with van der Waals surface area (Å²) in [5, 5.41) is 12.1. The molecule has 0 aliphatic carbocycles. The zero-order valence-corrected chi connectivity index (χ0v) is 10.3. The Balaban J connectivity index is 2.13. The molecule has 0 amide bonds. The van der Waals surface area contributed by atoms with Crippen LogP contribution in [0.5, 0.6) is 0 Å². The molecule has 0 fully saturated rings. The maximum Gasteiger partial charge on any atom is 0.307 e. The molecule has 1 aromatic carbocycles. The first-order valence-corrected chi connectivity index (χ1v) is 5.84. The van der Waals surface area contributed by atoms with Gasteiger partial charge in [-0.3, -0.25) is 4.79 Å². The fourth-order valence-electron chi connectivity index (χ4n) is 2.03. The van der Waals surface area contributed by atoms with E-state index >= 15 is 0 Å². The number of carbonyl (C=O) groups excluding carboxylic acids is 1. The SMILES string of the molecule is COC(=O)CCN1CCNc2cc(C#N)ccc21. The van der Waals surface area contributed by atoms with E-state index < -0.39 is 0 Å². The van der Waals surface area contributed by atoms with Crippen molar-refractivity contribution in [1.29, 1.82) is 5.26 Å². The smallest absolute Gasteiger partial charge is 0.307 e. The van der Waals surface area contributed by atoms with Crippen molar-refractivity contribution in [3.8, 4) is 6.07 Å². The Morgan fingerprint density at radius 2 is 2.44 bits per heavy atom. The Morgan fingerprint density at radius 1 is 1.61 bits per heavy atom. The monoisotopic (exact) mass is 245 g/mol. The second kappa shape index (κ2) is 5.41. The van der Waals surface area contributed by atoms with Crippen LogP contribution in [0.3, 0.4) is 0 Å². The number of carbonyl (C=O) groups is 1. The highest BCUT2D eigenvalue weighted by Crippen LogP contribution is 2.29. The second-order valence-corrected chi connectivity index (χ2v) is 4.08. The second-order valence-electron chi connectivity index (χ2n) is 4.08. The normalized spacial score (nSPS) is 13.2. The van der Waals surface area contributed by atoms with Gasteiger partial charge in [0.05, 0.1) is 36.5 Å². The predicted molar refractivity (Wildman–Crippen MR) is 68.5 cm³/mol. The van der Waals surface area contributed by atoms with Crippen molar-refractivity contribution in [1.82, 2.24) is 0 Å². The molecular weight excluding hydrogens is 230 g/mol. The minimum atomic E-state index is -0.205. The molecule has 0 aromatic heterocycles. The van der Waals surface area contributed by atoms with Crippen LogP contribution in [0.1, 0.15) is 12.0 Å². The average Bonchev–Trinajstić information content (AvgIpc) is 2.43. The maximum absolute atomic E-state index is 11.2. The summed E-state index contributed by atoms with van der Waals surface area (Å²) in [6.45, 7) is 2.28. The lowest BCUT2D eigenvalue weighted by molar-refractivity contribution is -0.140. The van der Waals surface area contributed by atoms with Gasteiger partial charge in [0.15, 0.2) is 0 Å². The number of methoxy groups -OCH3 is 1. The molecule has 1 aromatic rings. The standard InChI is InChI=1S/C13H15N3O2/c1-18-13(17)4-6-16-7-5-15-11-8-10(9-14)2-3-12(11)16/h2-3,8,15H,4-7H2,1H3. The molecule has 5 nitrogen and oxygen atoms in total. The van der Waals surface area contributed by atoms with Crippen LogP contribution in [-0.2, 0) is 9.53 Å². The third kappa shape index (κ3) is 2.54. The molecule has 18 heavy (non-hydrogen) atoms. The lowest BCUT2D eigenvalue weighted by atomic mass is 10.1. The minimum absolute atomic E-state index is 0.205. The van der Waals surface area contributed by atoms with Crippen LogP contribution in [0.25, 0.3) is 0 Å².